The molecule has 1 amide bonds. The van der Waals surface area contributed by atoms with E-state index in [4.69, 9.17) is 11.6 Å². The van der Waals surface area contributed by atoms with E-state index in [9.17, 15) is 4.79 Å². The number of carbonyl (C=O) groups is 1. The number of benzene rings is 1. The number of rotatable bonds is 8. The molecule has 1 aromatic carbocycles. The largest absolute Gasteiger partial charge is 0.352 e. The number of halogens is 1. The molecule has 5 heteroatoms. The lowest BCUT2D eigenvalue weighted by Crippen LogP contribution is -2.31. The first-order chi connectivity index (χ1) is 9.08. The van der Waals surface area contributed by atoms with E-state index in [1.807, 2.05) is 38.4 Å². The van der Waals surface area contributed by atoms with Gasteiger partial charge < -0.3 is 15.5 Å². The van der Waals surface area contributed by atoms with Gasteiger partial charge in [-0.05, 0) is 31.8 Å². The van der Waals surface area contributed by atoms with Crippen LogP contribution in [0.3, 0.4) is 0 Å². The highest BCUT2D eigenvalue weighted by Gasteiger charge is 2.01. The van der Waals surface area contributed by atoms with Crippen LogP contribution in [-0.4, -0.2) is 44.5 Å². The van der Waals surface area contributed by atoms with Crippen LogP contribution >= 0.6 is 11.6 Å². The summed E-state index contributed by atoms with van der Waals surface area (Å²) in [7, 11) is 4.06. The minimum Gasteiger partial charge on any atom is -0.352 e. The molecule has 0 heterocycles. The number of hydrogen-bond donors (Lipinski definition) is 2. The number of amides is 1. The predicted molar refractivity (Wildman–Crippen MR) is 79.3 cm³/mol. The van der Waals surface area contributed by atoms with Crippen LogP contribution in [0.15, 0.2) is 24.3 Å². The first-order valence-corrected chi connectivity index (χ1v) is 6.82. The van der Waals surface area contributed by atoms with Gasteiger partial charge in [0.05, 0.1) is 0 Å². The van der Waals surface area contributed by atoms with Crippen LogP contribution in [0.25, 0.3) is 0 Å². The molecular formula is C14H22ClN3O. The fourth-order valence-electron chi connectivity index (χ4n) is 1.52. The normalized spacial score (nSPS) is 10.7. The quantitative estimate of drug-likeness (QED) is 0.711. The highest BCUT2D eigenvalue weighted by Crippen LogP contribution is 2.08. The van der Waals surface area contributed by atoms with Gasteiger partial charge in [-0.2, -0.15) is 0 Å². The summed E-state index contributed by atoms with van der Waals surface area (Å²) in [6, 6.07) is 7.48. The van der Waals surface area contributed by atoms with Crippen molar-refractivity contribution in [1.29, 1.82) is 0 Å². The SMILES string of the molecule is CN(C)CCNCCC(=O)NCc1ccc(Cl)cc1. The van der Waals surface area contributed by atoms with Crippen molar-refractivity contribution in [3.63, 3.8) is 0 Å². The van der Waals surface area contributed by atoms with Gasteiger partial charge in [0.1, 0.15) is 0 Å². The third-order valence-electron chi connectivity index (χ3n) is 2.67. The van der Waals surface area contributed by atoms with Crippen molar-refractivity contribution < 1.29 is 4.79 Å². The number of hydrogen-bond acceptors (Lipinski definition) is 3. The zero-order valence-electron chi connectivity index (χ0n) is 11.6. The molecule has 0 saturated carbocycles. The Bertz CT molecular complexity index is 379. The van der Waals surface area contributed by atoms with Gasteiger partial charge >= 0.3 is 0 Å². The Balaban J connectivity index is 2.09. The minimum absolute atomic E-state index is 0.0623. The van der Waals surface area contributed by atoms with Gasteiger partial charge in [0, 0.05) is 37.6 Å². The summed E-state index contributed by atoms with van der Waals surface area (Å²) >= 11 is 5.80. The van der Waals surface area contributed by atoms with Crippen molar-refractivity contribution in [1.82, 2.24) is 15.5 Å². The molecule has 0 aromatic heterocycles. The number of nitrogens with one attached hydrogen (secondary N) is 2. The predicted octanol–water partition coefficient (Wildman–Crippen LogP) is 1.50. The molecule has 1 rings (SSSR count). The van der Waals surface area contributed by atoms with Crippen LogP contribution in [0.1, 0.15) is 12.0 Å². The Kier molecular flexibility index (Phi) is 7.48. The molecule has 0 bridgehead atoms. The van der Waals surface area contributed by atoms with E-state index in [2.05, 4.69) is 15.5 Å². The molecule has 1 aromatic rings. The number of likely N-dealkylation sites (N-methyl/N-ethyl adjacent to an activating group) is 1. The summed E-state index contributed by atoms with van der Waals surface area (Å²) in [4.78, 5) is 13.7. The fourth-order valence-corrected chi connectivity index (χ4v) is 1.65. The maximum absolute atomic E-state index is 11.6. The van der Waals surface area contributed by atoms with Gasteiger partial charge in [-0.3, -0.25) is 4.79 Å². The van der Waals surface area contributed by atoms with Crippen LogP contribution in [0.5, 0.6) is 0 Å². The molecular weight excluding hydrogens is 262 g/mol. The molecule has 0 spiro atoms. The van der Waals surface area contributed by atoms with E-state index in [-0.39, 0.29) is 5.91 Å². The van der Waals surface area contributed by atoms with E-state index in [1.54, 1.807) is 0 Å². The molecule has 0 atom stereocenters. The summed E-state index contributed by atoms with van der Waals surface area (Å²) in [5.74, 6) is 0.0623. The van der Waals surface area contributed by atoms with Crippen molar-refractivity contribution in [3.05, 3.63) is 34.9 Å². The highest BCUT2D eigenvalue weighted by atomic mass is 35.5. The van der Waals surface area contributed by atoms with E-state index in [1.165, 1.54) is 0 Å². The Labute approximate surface area is 120 Å². The van der Waals surface area contributed by atoms with Crippen LogP contribution in [0.4, 0.5) is 0 Å². The molecule has 0 fully saturated rings. The average molecular weight is 284 g/mol. The maximum atomic E-state index is 11.6. The molecule has 0 aliphatic rings. The third-order valence-corrected chi connectivity index (χ3v) is 2.92. The van der Waals surface area contributed by atoms with Gasteiger partial charge in [0.15, 0.2) is 0 Å². The molecule has 0 aliphatic heterocycles. The van der Waals surface area contributed by atoms with Crippen LogP contribution in [-0.2, 0) is 11.3 Å². The van der Waals surface area contributed by atoms with Crippen molar-refractivity contribution in [2.75, 3.05) is 33.7 Å². The lowest BCUT2D eigenvalue weighted by atomic mass is 10.2. The van der Waals surface area contributed by atoms with Gasteiger partial charge in [0.25, 0.3) is 0 Å². The van der Waals surface area contributed by atoms with Gasteiger partial charge in [-0.1, -0.05) is 23.7 Å². The van der Waals surface area contributed by atoms with Crippen LogP contribution in [0, 0.1) is 0 Å². The van der Waals surface area contributed by atoms with Gasteiger partial charge in [-0.15, -0.1) is 0 Å². The van der Waals surface area contributed by atoms with Crippen LogP contribution in [0.2, 0.25) is 5.02 Å². The lowest BCUT2D eigenvalue weighted by Gasteiger charge is -2.10. The molecule has 2 N–H and O–H groups in total. The first-order valence-electron chi connectivity index (χ1n) is 6.44. The second kappa shape index (κ2) is 8.91. The van der Waals surface area contributed by atoms with Crippen molar-refractivity contribution in [2.24, 2.45) is 0 Å². The summed E-state index contributed by atoms with van der Waals surface area (Å²) in [6.45, 7) is 3.14. The Morgan fingerprint density at radius 2 is 1.89 bits per heavy atom. The summed E-state index contributed by atoms with van der Waals surface area (Å²) in [6.07, 6.45) is 0.501. The monoisotopic (exact) mass is 283 g/mol. The van der Waals surface area contributed by atoms with E-state index in [0.29, 0.717) is 24.5 Å². The molecule has 0 aliphatic carbocycles. The number of nitrogens with zero attached hydrogens (tertiary/aromatic N) is 1. The zero-order valence-corrected chi connectivity index (χ0v) is 12.3. The summed E-state index contributed by atoms with van der Waals surface area (Å²) < 4.78 is 0. The molecule has 0 unspecified atom stereocenters. The van der Waals surface area contributed by atoms with Crippen molar-refractivity contribution in [2.45, 2.75) is 13.0 Å². The highest BCUT2D eigenvalue weighted by molar-refractivity contribution is 6.30. The van der Waals surface area contributed by atoms with Gasteiger partial charge in [0.2, 0.25) is 5.91 Å². The Morgan fingerprint density at radius 1 is 1.21 bits per heavy atom. The van der Waals surface area contributed by atoms with E-state index < -0.39 is 0 Å². The summed E-state index contributed by atoms with van der Waals surface area (Å²) in [5, 5.41) is 6.83. The second-order valence-corrected chi connectivity index (χ2v) is 5.14. The number of carbonyl (C=O) groups excluding carboxylic acids is 1. The topological polar surface area (TPSA) is 44.4 Å². The molecule has 0 radical (unpaired) electrons. The molecule has 4 nitrogen and oxygen atoms in total. The fraction of sp³-hybridized carbons (Fsp3) is 0.500. The standard InChI is InChI=1S/C14H22ClN3O/c1-18(2)10-9-16-8-7-14(19)17-11-12-3-5-13(15)6-4-12/h3-6,16H,7-11H2,1-2H3,(H,17,19). The Morgan fingerprint density at radius 3 is 2.53 bits per heavy atom. The molecule has 106 valence electrons. The first kappa shape index (κ1) is 16.0. The van der Waals surface area contributed by atoms with Crippen molar-refractivity contribution >= 4 is 17.5 Å². The molecule has 0 saturated heterocycles. The smallest absolute Gasteiger partial charge is 0.221 e. The Hall–Kier alpha value is -1.10. The minimum atomic E-state index is 0.0623. The summed E-state index contributed by atoms with van der Waals surface area (Å²) in [5.41, 5.74) is 1.05. The zero-order chi connectivity index (χ0) is 14.1. The van der Waals surface area contributed by atoms with E-state index in [0.717, 1.165) is 18.7 Å². The third kappa shape index (κ3) is 7.82. The molecule has 19 heavy (non-hydrogen) atoms. The van der Waals surface area contributed by atoms with E-state index >= 15 is 0 Å². The van der Waals surface area contributed by atoms with Crippen molar-refractivity contribution in [3.8, 4) is 0 Å². The second-order valence-electron chi connectivity index (χ2n) is 4.71. The van der Waals surface area contributed by atoms with Crippen LogP contribution < -0.4 is 10.6 Å². The lowest BCUT2D eigenvalue weighted by molar-refractivity contribution is -0.121. The maximum Gasteiger partial charge on any atom is 0.221 e. The van der Waals surface area contributed by atoms with Gasteiger partial charge in [-0.25, -0.2) is 0 Å². The average Bonchev–Trinajstić information content (AvgIpc) is 2.37.